The van der Waals surface area contributed by atoms with Gasteiger partial charge in [-0.3, -0.25) is 9.36 Å². The molecule has 0 spiro atoms. The van der Waals surface area contributed by atoms with Gasteiger partial charge in [-0.15, -0.1) is 0 Å². The van der Waals surface area contributed by atoms with Crippen molar-refractivity contribution in [1.29, 1.82) is 0 Å². The van der Waals surface area contributed by atoms with E-state index in [0.717, 1.165) is 13.1 Å². The first-order valence-electron chi connectivity index (χ1n) is 6.21. The zero-order valence-electron chi connectivity index (χ0n) is 10.3. The molecule has 0 aliphatic carbocycles. The molecule has 0 saturated carbocycles. The Kier molecular flexibility index (Phi) is 3.50. The van der Waals surface area contributed by atoms with E-state index in [9.17, 15) is 4.79 Å². The number of fused-ring (bicyclic) bond motifs is 1. The van der Waals surface area contributed by atoms with Gasteiger partial charge in [0.05, 0.1) is 41.5 Å². The molecule has 1 fully saturated rings. The molecule has 3 rings (SSSR count). The largest absolute Gasteiger partial charge is 0.374 e. The van der Waals surface area contributed by atoms with Crippen molar-refractivity contribution in [2.45, 2.75) is 12.6 Å². The Morgan fingerprint density at radius 1 is 1.53 bits per heavy atom. The van der Waals surface area contributed by atoms with Gasteiger partial charge < -0.3 is 10.1 Å². The van der Waals surface area contributed by atoms with Crippen molar-refractivity contribution in [3.8, 4) is 0 Å². The van der Waals surface area contributed by atoms with Crippen LogP contribution < -0.4 is 10.9 Å². The van der Waals surface area contributed by atoms with Crippen molar-refractivity contribution >= 4 is 22.5 Å². The van der Waals surface area contributed by atoms with Gasteiger partial charge in [-0.25, -0.2) is 4.98 Å². The summed E-state index contributed by atoms with van der Waals surface area (Å²) in [6.45, 7) is 2.75. The van der Waals surface area contributed by atoms with E-state index < -0.39 is 0 Å². The number of rotatable bonds is 2. The van der Waals surface area contributed by atoms with Crippen LogP contribution in [0.15, 0.2) is 29.3 Å². The second-order valence-electron chi connectivity index (χ2n) is 4.53. The molecule has 1 saturated heterocycles. The number of nitrogens with zero attached hydrogens (tertiary/aromatic N) is 2. The molecule has 1 aromatic heterocycles. The van der Waals surface area contributed by atoms with Crippen molar-refractivity contribution in [2.75, 3.05) is 19.7 Å². The van der Waals surface area contributed by atoms with Crippen LogP contribution in [0.2, 0.25) is 5.02 Å². The summed E-state index contributed by atoms with van der Waals surface area (Å²) < 4.78 is 7.16. The highest BCUT2D eigenvalue weighted by Crippen LogP contribution is 2.17. The summed E-state index contributed by atoms with van der Waals surface area (Å²) >= 11 is 6.08. The molecule has 1 aliphatic heterocycles. The third-order valence-electron chi connectivity index (χ3n) is 3.21. The monoisotopic (exact) mass is 279 g/mol. The highest BCUT2D eigenvalue weighted by Gasteiger charge is 2.16. The lowest BCUT2D eigenvalue weighted by molar-refractivity contribution is 0.0175. The van der Waals surface area contributed by atoms with Gasteiger partial charge in [0.25, 0.3) is 5.56 Å². The predicted molar refractivity (Wildman–Crippen MR) is 73.6 cm³/mol. The molecule has 1 atom stereocenters. The quantitative estimate of drug-likeness (QED) is 0.892. The van der Waals surface area contributed by atoms with Gasteiger partial charge in [0, 0.05) is 13.1 Å². The van der Waals surface area contributed by atoms with Gasteiger partial charge in [0.2, 0.25) is 0 Å². The normalized spacial score (nSPS) is 19.7. The van der Waals surface area contributed by atoms with Crippen LogP contribution in [0, 0.1) is 0 Å². The number of morpholine rings is 1. The van der Waals surface area contributed by atoms with Crippen molar-refractivity contribution in [3.05, 3.63) is 39.9 Å². The minimum Gasteiger partial charge on any atom is -0.374 e. The molecule has 2 aromatic rings. The highest BCUT2D eigenvalue weighted by molar-refractivity contribution is 6.35. The van der Waals surface area contributed by atoms with Gasteiger partial charge in [-0.05, 0) is 12.1 Å². The Balaban J connectivity index is 1.98. The molecule has 2 heterocycles. The van der Waals surface area contributed by atoms with Crippen molar-refractivity contribution < 1.29 is 4.74 Å². The Bertz CT molecular complexity index is 650. The molecule has 1 aliphatic rings. The summed E-state index contributed by atoms with van der Waals surface area (Å²) in [6, 6.07) is 5.28. The Morgan fingerprint density at radius 3 is 3.21 bits per heavy atom. The number of aromatic nitrogens is 2. The molecule has 1 unspecified atom stereocenters. The highest BCUT2D eigenvalue weighted by atomic mass is 35.5. The molecule has 6 heteroatoms. The van der Waals surface area contributed by atoms with E-state index in [2.05, 4.69) is 10.3 Å². The average Bonchev–Trinajstić information content (AvgIpc) is 2.43. The minimum atomic E-state index is -0.121. The summed E-state index contributed by atoms with van der Waals surface area (Å²) in [5.74, 6) is 0. The summed E-state index contributed by atoms with van der Waals surface area (Å²) in [6.07, 6.45) is 1.55. The molecular formula is C13H14ClN3O2. The van der Waals surface area contributed by atoms with E-state index in [0.29, 0.717) is 29.1 Å². The fourth-order valence-corrected chi connectivity index (χ4v) is 2.50. The summed E-state index contributed by atoms with van der Waals surface area (Å²) in [7, 11) is 0. The van der Waals surface area contributed by atoms with Crippen molar-refractivity contribution in [2.24, 2.45) is 0 Å². The van der Waals surface area contributed by atoms with E-state index in [4.69, 9.17) is 16.3 Å². The molecule has 1 N–H and O–H groups in total. The van der Waals surface area contributed by atoms with E-state index >= 15 is 0 Å². The Hall–Kier alpha value is -1.43. The Morgan fingerprint density at radius 2 is 2.42 bits per heavy atom. The van der Waals surface area contributed by atoms with Gasteiger partial charge in [0.1, 0.15) is 0 Å². The van der Waals surface area contributed by atoms with Crippen LogP contribution in [0.5, 0.6) is 0 Å². The number of hydrogen-bond donors (Lipinski definition) is 1. The van der Waals surface area contributed by atoms with E-state index in [-0.39, 0.29) is 11.7 Å². The second-order valence-corrected chi connectivity index (χ2v) is 4.94. The summed E-state index contributed by atoms with van der Waals surface area (Å²) in [4.78, 5) is 16.7. The molecule has 5 nitrogen and oxygen atoms in total. The Labute approximate surface area is 115 Å². The fourth-order valence-electron chi connectivity index (χ4n) is 2.25. The predicted octanol–water partition coefficient (Wildman–Crippen LogP) is 1.04. The first-order valence-corrected chi connectivity index (χ1v) is 6.59. The van der Waals surface area contributed by atoms with E-state index in [1.54, 1.807) is 29.1 Å². The van der Waals surface area contributed by atoms with Crippen molar-refractivity contribution in [3.63, 3.8) is 0 Å². The standard InChI is InChI=1S/C13H14ClN3O2/c14-10-2-1-3-11-12(10)13(18)17(8-16-11)7-9-6-15-4-5-19-9/h1-3,8-9,15H,4-7H2. The summed E-state index contributed by atoms with van der Waals surface area (Å²) in [5.41, 5.74) is 0.501. The first-order chi connectivity index (χ1) is 9.25. The zero-order chi connectivity index (χ0) is 13.2. The molecule has 100 valence electrons. The fraction of sp³-hybridized carbons (Fsp3) is 0.385. The number of nitrogens with one attached hydrogen (secondary N) is 1. The maximum atomic E-state index is 12.4. The van der Waals surface area contributed by atoms with E-state index in [1.165, 1.54) is 0 Å². The maximum absolute atomic E-state index is 12.4. The third kappa shape index (κ3) is 2.49. The van der Waals surface area contributed by atoms with Gasteiger partial charge >= 0.3 is 0 Å². The molecule has 19 heavy (non-hydrogen) atoms. The van der Waals surface area contributed by atoms with Crippen LogP contribution in [0.3, 0.4) is 0 Å². The lowest BCUT2D eigenvalue weighted by Crippen LogP contribution is -2.42. The first kappa shape index (κ1) is 12.6. The number of halogens is 1. The van der Waals surface area contributed by atoms with Crippen LogP contribution >= 0.6 is 11.6 Å². The zero-order valence-corrected chi connectivity index (χ0v) is 11.1. The molecule has 1 aromatic carbocycles. The second kappa shape index (κ2) is 5.28. The lowest BCUT2D eigenvalue weighted by atomic mass is 10.2. The lowest BCUT2D eigenvalue weighted by Gasteiger charge is -2.24. The number of benzene rings is 1. The van der Waals surface area contributed by atoms with Crippen molar-refractivity contribution in [1.82, 2.24) is 14.9 Å². The topological polar surface area (TPSA) is 56.2 Å². The van der Waals surface area contributed by atoms with E-state index in [1.807, 2.05) is 0 Å². The smallest absolute Gasteiger partial charge is 0.262 e. The van der Waals surface area contributed by atoms with Gasteiger partial charge in [0.15, 0.2) is 0 Å². The summed E-state index contributed by atoms with van der Waals surface area (Å²) in [5, 5.41) is 4.14. The molecular weight excluding hydrogens is 266 g/mol. The number of ether oxygens (including phenoxy) is 1. The molecule has 0 radical (unpaired) electrons. The molecule has 0 amide bonds. The van der Waals surface area contributed by atoms with Gasteiger partial charge in [-0.2, -0.15) is 0 Å². The van der Waals surface area contributed by atoms with Crippen LogP contribution in [-0.4, -0.2) is 35.4 Å². The van der Waals surface area contributed by atoms with Gasteiger partial charge in [-0.1, -0.05) is 17.7 Å². The molecule has 0 bridgehead atoms. The maximum Gasteiger partial charge on any atom is 0.262 e. The SMILES string of the molecule is O=c1c2c(Cl)cccc2ncn1CC1CNCCO1. The number of hydrogen-bond acceptors (Lipinski definition) is 4. The van der Waals surface area contributed by atoms with Crippen LogP contribution in [-0.2, 0) is 11.3 Å². The minimum absolute atomic E-state index is 0.00631. The average molecular weight is 280 g/mol. The van der Waals surface area contributed by atoms with Crippen LogP contribution in [0.25, 0.3) is 10.9 Å². The van der Waals surface area contributed by atoms with Crippen LogP contribution in [0.1, 0.15) is 0 Å². The van der Waals surface area contributed by atoms with Crippen LogP contribution in [0.4, 0.5) is 0 Å². The third-order valence-corrected chi connectivity index (χ3v) is 3.52.